The molecule has 1 atom stereocenters. The van der Waals surface area contributed by atoms with Gasteiger partial charge in [-0.2, -0.15) is 0 Å². The Bertz CT molecular complexity index is 482. The Morgan fingerprint density at radius 3 is 2.47 bits per heavy atom. The zero-order valence-corrected chi connectivity index (χ0v) is 9.54. The van der Waals surface area contributed by atoms with Gasteiger partial charge >= 0.3 is 5.97 Å². The summed E-state index contributed by atoms with van der Waals surface area (Å²) in [4.78, 5) is 15.9. The highest BCUT2D eigenvalue weighted by Gasteiger charge is 2.13. The molecule has 1 aromatic heterocycles. The fourth-order valence-corrected chi connectivity index (χ4v) is 1.48. The third-order valence-corrected chi connectivity index (χ3v) is 2.40. The lowest BCUT2D eigenvalue weighted by atomic mass is 10.2. The van der Waals surface area contributed by atoms with Crippen LogP contribution in [-0.2, 0) is 4.74 Å². The summed E-state index contributed by atoms with van der Waals surface area (Å²) >= 11 is 0. The number of hydrogen-bond acceptors (Lipinski definition) is 3. The van der Waals surface area contributed by atoms with Gasteiger partial charge in [0.15, 0.2) is 0 Å². The highest BCUT2D eigenvalue weighted by molar-refractivity contribution is 5.89. The van der Waals surface area contributed by atoms with Crippen LogP contribution in [0.4, 0.5) is 0 Å². The van der Waals surface area contributed by atoms with E-state index in [1.807, 2.05) is 43.3 Å². The molecular weight excluding hydrogens is 214 g/mol. The van der Waals surface area contributed by atoms with Crippen molar-refractivity contribution in [2.45, 2.75) is 13.0 Å². The summed E-state index contributed by atoms with van der Waals surface area (Å²) in [6.45, 7) is 1.81. The summed E-state index contributed by atoms with van der Waals surface area (Å²) in [6, 6.07) is 14.5. The molecule has 86 valence electrons. The molecule has 0 unspecified atom stereocenters. The lowest BCUT2D eigenvalue weighted by Gasteiger charge is -2.12. The summed E-state index contributed by atoms with van der Waals surface area (Å²) in [5.41, 5.74) is 1.30. The number of aromatic nitrogens is 1. The first-order valence-electron chi connectivity index (χ1n) is 5.44. The van der Waals surface area contributed by atoms with Crippen LogP contribution in [0.15, 0.2) is 54.7 Å². The predicted octanol–water partition coefficient (Wildman–Crippen LogP) is 3.00. The molecule has 0 aliphatic rings. The Morgan fingerprint density at radius 2 is 1.82 bits per heavy atom. The van der Waals surface area contributed by atoms with Crippen LogP contribution < -0.4 is 0 Å². The van der Waals surface area contributed by atoms with Crippen LogP contribution in [0.2, 0.25) is 0 Å². The van der Waals surface area contributed by atoms with Crippen molar-refractivity contribution in [1.29, 1.82) is 0 Å². The van der Waals surface area contributed by atoms with Gasteiger partial charge in [0.05, 0.1) is 11.3 Å². The van der Waals surface area contributed by atoms with E-state index in [1.165, 1.54) is 0 Å². The van der Waals surface area contributed by atoms with Crippen molar-refractivity contribution in [3.8, 4) is 0 Å². The van der Waals surface area contributed by atoms with Crippen LogP contribution in [-0.4, -0.2) is 11.0 Å². The van der Waals surface area contributed by atoms with Gasteiger partial charge in [0.2, 0.25) is 0 Å². The molecule has 2 aromatic rings. The number of rotatable bonds is 3. The van der Waals surface area contributed by atoms with Crippen molar-refractivity contribution in [1.82, 2.24) is 4.98 Å². The van der Waals surface area contributed by atoms with E-state index < -0.39 is 0 Å². The second-order valence-electron chi connectivity index (χ2n) is 3.67. The van der Waals surface area contributed by atoms with Gasteiger partial charge in [0.1, 0.15) is 6.10 Å². The second kappa shape index (κ2) is 5.25. The molecule has 2 rings (SSSR count). The second-order valence-corrected chi connectivity index (χ2v) is 3.67. The van der Waals surface area contributed by atoms with E-state index in [0.717, 1.165) is 5.69 Å². The van der Waals surface area contributed by atoms with Crippen molar-refractivity contribution in [2.24, 2.45) is 0 Å². The van der Waals surface area contributed by atoms with Gasteiger partial charge in [0, 0.05) is 6.20 Å². The van der Waals surface area contributed by atoms with Crippen LogP contribution in [0.3, 0.4) is 0 Å². The first-order valence-corrected chi connectivity index (χ1v) is 5.44. The van der Waals surface area contributed by atoms with Gasteiger partial charge in [-0.3, -0.25) is 4.98 Å². The van der Waals surface area contributed by atoms with Crippen molar-refractivity contribution in [3.63, 3.8) is 0 Å². The maximum absolute atomic E-state index is 11.8. The van der Waals surface area contributed by atoms with E-state index in [9.17, 15) is 4.79 Å². The van der Waals surface area contributed by atoms with Crippen molar-refractivity contribution in [2.75, 3.05) is 0 Å². The first-order chi connectivity index (χ1) is 8.27. The van der Waals surface area contributed by atoms with Gasteiger partial charge < -0.3 is 4.74 Å². The molecule has 0 radical (unpaired) electrons. The van der Waals surface area contributed by atoms with Gasteiger partial charge in [0.25, 0.3) is 0 Å². The molecular formula is C14H13NO2. The molecule has 0 saturated carbocycles. The zero-order valence-electron chi connectivity index (χ0n) is 9.54. The van der Waals surface area contributed by atoms with E-state index >= 15 is 0 Å². The third-order valence-electron chi connectivity index (χ3n) is 2.40. The van der Waals surface area contributed by atoms with E-state index in [2.05, 4.69) is 4.98 Å². The molecule has 3 nitrogen and oxygen atoms in total. The Kier molecular flexibility index (Phi) is 3.50. The molecule has 0 aliphatic carbocycles. The molecule has 0 aliphatic heterocycles. The number of carbonyl (C=O) groups excluding carboxylic acids is 1. The lowest BCUT2D eigenvalue weighted by molar-refractivity contribution is 0.0329. The average molecular weight is 227 g/mol. The summed E-state index contributed by atoms with van der Waals surface area (Å²) in [5, 5.41) is 0. The van der Waals surface area contributed by atoms with E-state index in [-0.39, 0.29) is 12.1 Å². The van der Waals surface area contributed by atoms with Crippen LogP contribution in [0.1, 0.15) is 29.1 Å². The first kappa shape index (κ1) is 11.3. The third kappa shape index (κ3) is 2.91. The molecule has 0 spiro atoms. The topological polar surface area (TPSA) is 39.2 Å². The highest BCUT2D eigenvalue weighted by atomic mass is 16.5. The fraction of sp³-hybridized carbons (Fsp3) is 0.143. The minimum Gasteiger partial charge on any atom is -0.453 e. The van der Waals surface area contributed by atoms with Gasteiger partial charge in [-0.15, -0.1) is 0 Å². The molecule has 1 aromatic carbocycles. The van der Waals surface area contributed by atoms with Crippen LogP contribution >= 0.6 is 0 Å². The molecule has 0 fully saturated rings. The van der Waals surface area contributed by atoms with Crippen molar-refractivity contribution < 1.29 is 9.53 Å². The number of carbonyl (C=O) groups is 1. The number of ether oxygens (including phenoxy) is 1. The predicted molar refractivity (Wildman–Crippen MR) is 64.5 cm³/mol. The maximum Gasteiger partial charge on any atom is 0.338 e. The maximum atomic E-state index is 11.8. The van der Waals surface area contributed by atoms with Crippen molar-refractivity contribution in [3.05, 3.63) is 66.0 Å². The van der Waals surface area contributed by atoms with Gasteiger partial charge in [-0.1, -0.05) is 24.3 Å². The standard InChI is InChI=1S/C14H13NO2/c1-11(13-9-5-6-10-15-13)17-14(16)12-7-3-2-4-8-12/h2-11H,1H3/t11-/m1/s1. The van der Waals surface area contributed by atoms with Crippen LogP contribution in [0.25, 0.3) is 0 Å². The summed E-state index contributed by atoms with van der Waals surface area (Å²) in [6.07, 6.45) is 1.34. The molecule has 0 saturated heterocycles. The number of nitrogens with zero attached hydrogens (tertiary/aromatic N) is 1. The smallest absolute Gasteiger partial charge is 0.338 e. The van der Waals surface area contributed by atoms with Gasteiger partial charge in [-0.25, -0.2) is 4.79 Å². The summed E-state index contributed by atoms with van der Waals surface area (Å²) in [5.74, 6) is -0.330. The number of esters is 1. The highest BCUT2D eigenvalue weighted by Crippen LogP contribution is 2.15. The molecule has 1 heterocycles. The number of benzene rings is 1. The Hall–Kier alpha value is -2.16. The molecule has 17 heavy (non-hydrogen) atoms. The molecule has 0 bridgehead atoms. The van der Waals surface area contributed by atoms with Gasteiger partial charge in [-0.05, 0) is 31.2 Å². The Balaban J connectivity index is 2.05. The SMILES string of the molecule is C[C@@H](OC(=O)c1ccccc1)c1ccccn1. The van der Waals surface area contributed by atoms with E-state index in [0.29, 0.717) is 5.56 Å². The number of hydrogen-bond donors (Lipinski definition) is 0. The van der Waals surface area contributed by atoms with Crippen molar-refractivity contribution >= 4 is 5.97 Å². The fourth-order valence-electron chi connectivity index (χ4n) is 1.48. The Labute approximate surface area is 100 Å². The lowest BCUT2D eigenvalue weighted by Crippen LogP contribution is -2.10. The van der Waals surface area contributed by atoms with E-state index in [1.54, 1.807) is 18.3 Å². The molecule has 0 amide bonds. The van der Waals surface area contributed by atoms with Crippen LogP contribution in [0.5, 0.6) is 0 Å². The largest absolute Gasteiger partial charge is 0.453 e. The Morgan fingerprint density at radius 1 is 1.12 bits per heavy atom. The normalized spacial score (nSPS) is 11.8. The summed E-state index contributed by atoms with van der Waals surface area (Å²) in [7, 11) is 0. The zero-order chi connectivity index (χ0) is 12.1. The monoisotopic (exact) mass is 227 g/mol. The van der Waals surface area contributed by atoms with E-state index in [4.69, 9.17) is 4.74 Å². The molecule has 3 heteroatoms. The quantitative estimate of drug-likeness (QED) is 0.757. The summed E-state index contributed by atoms with van der Waals surface area (Å²) < 4.78 is 5.32. The number of pyridine rings is 1. The average Bonchev–Trinajstić information content (AvgIpc) is 2.40. The minimum atomic E-state index is -0.344. The molecule has 0 N–H and O–H groups in total. The van der Waals surface area contributed by atoms with Crippen LogP contribution in [0, 0.1) is 0 Å². The minimum absolute atomic E-state index is 0.330.